The van der Waals surface area contributed by atoms with Gasteiger partial charge in [-0.1, -0.05) is 0 Å². The minimum atomic E-state index is -1.83. The molecule has 1 aromatic rings. The van der Waals surface area contributed by atoms with Crippen molar-refractivity contribution in [2.75, 3.05) is 0 Å². The summed E-state index contributed by atoms with van der Waals surface area (Å²) in [5, 5.41) is 0. The van der Waals surface area contributed by atoms with Gasteiger partial charge in [-0.2, -0.15) is 0 Å². The van der Waals surface area contributed by atoms with E-state index >= 15 is 0 Å². The highest BCUT2D eigenvalue weighted by atomic mass is 127. The maximum absolute atomic E-state index is 12.4. The molecule has 1 aromatic carbocycles. The first kappa shape index (κ1) is 8.76. The van der Waals surface area contributed by atoms with E-state index in [0.717, 1.165) is 0 Å². The van der Waals surface area contributed by atoms with Crippen LogP contribution in [0.4, 0.5) is 17.6 Å². The molecule has 0 spiro atoms. The SMILES string of the molecule is Fc1[c]c(I)c(F)c(F)c1F. The van der Waals surface area contributed by atoms with E-state index in [0.29, 0.717) is 0 Å². The fraction of sp³-hybridized carbons (Fsp3) is 0. The van der Waals surface area contributed by atoms with E-state index in [9.17, 15) is 17.6 Å². The van der Waals surface area contributed by atoms with Gasteiger partial charge in [0.2, 0.25) is 0 Å². The highest BCUT2D eigenvalue weighted by Gasteiger charge is 2.17. The minimum Gasteiger partial charge on any atom is -0.203 e. The van der Waals surface area contributed by atoms with Gasteiger partial charge in [0.1, 0.15) is 0 Å². The molecule has 0 heterocycles. The van der Waals surface area contributed by atoms with Crippen molar-refractivity contribution in [2.24, 2.45) is 0 Å². The van der Waals surface area contributed by atoms with Crippen LogP contribution >= 0.6 is 22.6 Å². The third-order valence-electron chi connectivity index (χ3n) is 0.990. The highest BCUT2D eigenvalue weighted by molar-refractivity contribution is 14.1. The summed E-state index contributed by atoms with van der Waals surface area (Å²) in [5.74, 6) is -6.55. The van der Waals surface area contributed by atoms with Crippen LogP contribution in [0.1, 0.15) is 0 Å². The molecule has 1 radical (unpaired) electrons. The molecule has 0 amide bonds. The molecule has 0 aliphatic heterocycles. The normalized spacial score (nSPS) is 10.3. The van der Waals surface area contributed by atoms with Gasteiger partial charge < -0.3 is 0 Å². The van der Waals surface area contributed by atoms with Crippen molar-refractivity contribution >= 4 is 22.6 Å². The predicted octanol–water partition coefficient (Wildman–Crippen LogP) is 2.65. The maximum Gasteiger partial charge on any atom is 0.198 e. The Morgan fingerprint density at radius 1 is 0.909 bits per heavy atom. The van der Waals surface area contributed by atoms with Crippen LogP contribution < -0.4 is 0 Å². The first-order chi connectivity index (χ1) is 5.04. The molecule has 0 saturated heterocycles. The fourth-order valence-electron chi connectivity index (χ4n) is 0.495. The lowest BCUT2D eigenvalue weighted by molar-refractivity contribution is 0.405. The Bertz CT molecular complexity index is 271. The van der Waals surface area contributed by atoms with Crippen molar-refractivity contribution in [1.29, 1.82) is 0 Å². The molecular formula is C6F4I. The van der Waals surface area contributed by atoms with Crippen molar-refractivity contribution in [3.63, 3.8) is 0 Å². The van der Waals surface area contributed by atoms with E-state index in [1.807, 2.05) is 0 Å². The van der Waals surface area contributed by atoms with Crippen molar-refractivity contribution in [1.82, 2.24) is 0 Å². The zero-order chi connectivity index (χ0) is 8.59. The average molecular weight is 275 g/mol. The summed E-state index contributed by atoms with van der Waals surface area (Å²) in [7, 11) is 0. The Labute approximate surface area is 73.4 Å². The van der Waals surface area contributed by atoms with E-state index in [1.165, 1.54) is 22.6 Å². The molecule has 0 N–H and O–H groups in total. The van der Waals surface area contributed by atoms with Crippen LogP contribution in [0.2, 0.25) is 0 Å². The molecular weight excluding hydrogens is 275 g/mol. The van der Waals surface area contributed by atoms with Crippen LogP contribution in [0, 0.1) is 32.9 Å². The second kappa shape index (κ2) is 2.96. The van der Waals surface area contributed by atoms with Crippen molar-refractivity contribution in [3.8, 4) is 0 Å². The Balaban J connectivity index is 3.46. The standard InChI is InChI=1S/C6F4I/c7-2-1-3(11)5(9)6(10)4(2)8. The molecule has 0 fully saturated rings. The lowest BCUT2D eigenvalue weighted by Crippen LogP contribution is -1.98. The summed E-state index contributed by atoms with van der Waals surface area (Å²) in [4.78, 5) is 0. The molecule has 59 valence electrons. The van der Waals surface area contributed by atoms with E-state index < -0.39 is 26.8 Å². The maximum atomic E-state index is 12.4. The molecule has 0 saturated carbocycles. The van der Waals surface area contributed by atoms with Crippen LogP contribution in [-0.4, -0.2) is 0 Å². The summed E-state index contributed by atoms with van der Waals surface area (Å²) < 4.78 is 48.5. The minimum absolute atomic E-state index is 0.404. The summed E-state index contributed by atoms with van der Waals surface area (Å²) in [6.45, 7) is 0. The molecule has 5 heteroatoms. The van der Waals surface area contributed by atoms with Gasteiger partial charge in [0, 0.05) is 6.07 Å². The number of halogens is 5. The molecule has 0 aliphatic carbocycles. The largest absolute Gasteiger partial charge is 0.203 e. The van der Waals surface area contributed by atoms with Crippen LogP contribution in [0.25, 0.3) is 0 Å². The number of hydrogen-bond acceptors (Lipinski definition) is 0. The second-order valence-corrected chi connectivity index (χ2v) is 2.77. The fourth-order valence-corrected chi connectivity index (χ4v) is 0.969. The lowest BCUT2D eigenvalue weighted by atomic mass is 10.3. The summed E-state index contributed by atoms with van der Waals surface area (Å²) >= 11 is 1.32. The van der Waals surface area contributed by atoms with Gasteiger partial charge in [0.05, 0.1) is 3.57 Å². The lowest BCUT2D eigenvalue weighted by Gasteiger charge is -1.97. The van der Waals surface area contributed by atoms with Crippen LogP contribution in [0.3, 0.4) is 0 Å². The predicted molar refractivity (Wildman–Crippen MR) is 37.8 cm³/mol. The highest BCUT2D eigenvalue weighted by Crippen LogP contribution is 2.18. The van der Waals surface area contributed by atoms with Gasteiger partial charge in [-0.05, 0) is 22.6 Å². The van der Waals surface area contributed by atoms with Crippen LogP contribution in [0.5, 0.6) is 0 Å². The molecule has 0 unspecified atom stereocenters. The third kappa shape index (κ3) is 1.47. The van der Waals surface area contributed by atoms with Crippen LogP contribution in [-0.2, 0) is 0 Å². The van der Waals surface area contributed by atoms with Crippen molar-refractivity contribution < 1.29 is 17.6 Å². The Hall–Kier alpha value is -0.330. The first-order valence-corrected chi connectivity index (χ1v) is 3.52. The summed E-state index contributed by atoms with van der Waals surface area (Å²) in [5.41, 5.74) is 0. The van der Waals surface area contributed by atoms with Crippen molar-refractivity contribution in [3.05, 3.63) is 32.9 Å². The van der Waals surface area contributed by atoms with E-state index in [1.54, 1.807) is 6.07 Å². The van der Waals surface area contributed by atoms with Gasteiger partial charge in [-0.25, -0.2) is 17.6 Å². The Kier molecular flexibility index (Phi) is 2.36. The third-order valence-corrected chi connectivity index (χ3v) is 1.73. The van der Waals surface area contributed by atoms with Crippen molar-refractivity contribution in [2.45, 2.75) is 0 Å². The second-order valence-electron chi connectivity index (χ2n) is 1.69. The van der Waals surface area contributed by atoms with E-state index in [2.05, 4.69) is 0 Å². The zero-order valence-corrected chi connectivity index (χ0v) is 7.05. The van der Waals surface area contributed by atoms with Gasteiger partial charge in [0.15, 0.2) is 23.3 Å². The first-order valence-electron chi connectivity index (χ1n) is 2.44. The number of rotatable bonds is 0. The van der Waals surface area contributed by atoms with Gasteiger partial charge in [-0.15, -0.1) is 0 Å². The summed E-state index contributed by atoms with van der Waals surface area (Å²) in [6.07, 6.45) is 0. The molecule has 0 atom stereocenters. The molecule has 0 nitrogen and oxygen atoms in total. The molecule has 11 heavy (non-hydrogen) atoms. The van der Waals surface area contributed by atoms with E-state index in [4.69, 9.17) is 0 Å². The Morgan fingerprint density at radius 3 is 2.00 bits per heavy atom. The average Bonchev–Trinajstić information content (AvgIpc) is 1.97. The zero-order valence-electron chi connectivity index (χ0n) is 4.89. The van der Waals surface area contributed by atoms with E-state index in [-0.39, 0.29) is 0 Å². The monoisotopic (exact) mass is 275 g/mol. The smallest absolute Gasteiger partial charge is 0.198 e. The summed E-state index contributed by atoms with van der Waals surface area (Å²) in [6, 6.07) is 1.68. The van der Waals surface area contributed by atoms with Gasteiger partial charge in [-0.3, -0.25) is 0 Å². The number of hydrogen-bond donors (Lipinski definition) is 0. The molecule has 1 rings (SSSR count). The van der Waals surface area contributed by atoms with Gasteiger partial charge in [0.25, 0.3) is 0 Å². The topological polar surface area (TPSA) is 0 Å². The number of benzene rings is 1. The quantitative estimate of drug-likeness (QED) is 0.295. The molecule has 0 aromatic heterocycles. The van der Waals surface area contributed by atoms with Crippen LogP contribution in [0.15, 0.2) is 0 Å². The van der Waals surface area contributed by atoms with Gasteiger partial charge >= 0.3 is 0 Å². The molecule has 0 aliphatic rings. The molecule has 0 bridgehead atoms. The Morgan fingerprint density at radius 2 is 1.45 bits per heavy atom.